The SMILES string of the molecule is COCCC(C)C(=O)CCc1ccc(C)cc1. The molecule has 2 heteroatoms. The third-order valence-corrected chi connectivity index (χ3v) is 3.09. The van der Waals surface area contributed by atoms with E-state index >= 15 is 0 Å². The van der Waals surface area contributed by atoms with Gasteiger partial charge in [-0.05, 0) is 25.3 Å². The molecule has 17 heavy (non-hydrogen) atoms. The molecule has 0 spiro atoms. The van der Waals surface area contributed by atoms with Crippen LogP contribution in [0.2, 0.25) is 0 Å². The van der Waals surface area contributed by atoms with Gasteiger partial charge in [-0.15, -0.1) is 0 Å². The first-order valence-electron chi connectivity index (χ1n) is 6.20. The molecule has 0 aliphatic rings. The van der Waals surface area contributed by atoms with Gasteiger partial charge in [0.2, 0.25) is 0 Å². The van der Waals surface area contributed by atoms with Gasteiger partial charge in [0.1, 0.15) is 5.78 Å². The maximum Gasteiger partial charge on any atom is 0.136 e. The molecule has 1 aromatic carbocycles. The minimum Gasteiger partial charge on any atom is -0.385 e. The molecule has 0 bridgehead atoms. The highest BCUT2D eigenvalue weighted by Gasteiger charge is 2.12. The fraction of sp³-hybridized carbons (Fsp3) is 0.533. The molecule has 0 amide bonds. The molecule has 0 saturated heterocycles. The van der Waals surface area contributed by atoms with Crippen LogP contribution < -0.4 is 0 Å². The summed E-state index contributed by atoms with van der Waals surface area (Å²) in [5, 5.41) is 0. The molecule has 0 saturated carbocycles. The fourth-order valence-electron chi connectivity index (χ4n) is 1.72. The molecule has 1 rings (SSSR count). The van der Waals surface area contributed by atoms with E-state index in [9.17, 15) is 4.79 Å². The van der Waals surface area contributed by atoms with Crippen molar-refractivity contribution >= 4 is 5.78 Å². The number of hydrogen-bond donors (Lipinski definition) is 0. The molecular formula is C15H22O2. The van der Waals surface area contributed by atoms with Crippen LogP contribution >= 0.6 is 0 Å². The number of rotatable bonds is 7. The van der Waals surface area contributed by atoms with Gasteiger partial charge in [-0.3, -0.25) is 4.79 Å². The van der Waals surface area contributed by atoms with Crippen molar-refractivity contribution in [2.75, 3.05) is 13.7 Å². The van der Waals surface area contributed by atoms with Gasteiger partial charge in [-0.25, -0.2) is 0 Å². The quantitative estimate of drug-likeness (QED) is 0.724. The van der Waals surface area contributed by atoms with Crippen LogP contribution in [0.3, 0.4) is 0 Å². The van der Waals surface area contributed by atoms with E-state index in [1.165, 1.54) is 11.1 Å². The number of hydrogen-bond acceptors (Lipinski definition) is 2. The van der Waals surface area contributed by atoms with Gasteiger partial charge in [-0.1, -0.05) is 36.8 Å². The van der Waals surface area contributed by atoms with Crippen molar-refractivity contribution in [1.82, 2.24) is 0 Å². The summed E-state index contributed by atoms with van der Waals surface area (Å²) in [4.78, 5) is 11.8. The minimum absolute atomic E-state index is 0.111. The Hall–Kier alpha value is -1.15. The van der Waals surface area contributed by atoms with E-state index in [1.54, 1.807) is 7.11 Å². The average molecular weight is 234 g/mol. The zero-order valence-electron chi connectivity index (χ0n) is 11.0. The van der Waals surface area contributed by atoms with Crippen LogP contribution in [-0.4, -0.2) is 19.5 Å². The Balaban J connectivity index is 2.34. The van der Waals surface area contributed by atoms with Gasteiger partial charge in [0.15, 0.2) is 0 Å². The molecule has 0 heterocycles. The summed E-state index contributed by atoms with van der Waals surface area (Å²) in [6.45, 7) is 4.72. The van der Waals surface area contributed by atoms with E-state index in [0.29, 0.717) is 18.8 Å². The summed E-state index contributed by atoms with van der Waals surface area (Å²) < 4.78 is 4.99. The Morgan fingerprint density at radius 1 is 1.29 bits per heavy atom. The Bertz CT molecular complexity index is 340. The predicted molar refractivity (Wildman–Crippen MR) is 70.2 cm³/mol. The number of methoxy groups -OCH3 is 1. The topological polar surface area (TPSA) is 26.3 Å². The summed E-state index contributed by atoms with van der Waals surface area (Å²) in [6.07, 6.45) is 2.30. The molecule has 1 unspecified atom stereocenters. The van der Waals surface area contributed by atoms with E-state index in [1.807, 2.05) is 6.92 Å². The second kappa shape index (κ2) is 7.23. The van der Waals surface area contributed by atoms with Crippen molar-refractivity contribution in [1.29, 1.82) is 0 Å². The predicted octanol–water partition coefficient (Wildman–Crippen LogP) is 3.17. The third kappa shape index (κ3) is 5.14. The maximum absolute atomic E-state index is 11.8. The molecular weight excluding hydrogens is 212 g/mol. The first-order valence-corrected chi connectivity index (χ1v) is 6.20. The molecule has 0 aromatic heterocycles. The minimum atomic E-state index is 0.111. The van der Waals surface area contributed by atoms with Crippen LogP contribution in [0.5, 0.6) is 0 Å². The van der Waals surface area contributed by atoms with E-state index in [0.717, 1.165) is 12.8 Å². The Kier molecular flexibility index (Phi) is 5.92. The number of benzene rings is 1. The number of ketones is 1. The standard InChI is InChI=1S/C15H22O2/c1-12-4-6-14(7-5-12)8-9-15(16)13(2)10-11-17-3/h4-7,13H,8-11H2,1-3H3. The fourth-order valence-corrected chi connectivity index (χ4v) is 1.72. The number of aryl methyl sites for hydroxylation is 2. The average Bonchev–Trinajstić information content (AvgIpc) is 2.34. The molecule has 1 aromatic rings. The summed E-state index contributed by atoms with van der Waals surface area (Å²) in [6, 6.07) is 8.38. The van der Waals surface area contributed by atoms with E-state index in [2.05, 4.69) is 31.2 Å². The Morgan fingerprint density at radius 2 is 1.94 bits per heavy atom. The summed E-state index contributed by atoms with van der Waals surface area (Å²) in [5.41, 5.74) is 2.50. The van der Waals surface area contributed by atoms with E-state index < -0.39 is 0 Å². The first-order chi connectivity index (χ1) is 8.13. The lowest BCUT2D eigenvalue weighted by molar-refractivity contribution is -0.122. The van der Waals surface area contributed by atoms with Gasteiger partial charge >= 0.3 is 0 Å². The van der Waals surface area contributed by atoms with Gasteiger partial charge in [0, 0.05) is 26.1 Å². The van der Waals surface area contributed by atoms with Gasteiger partial charge < -0.3 is 4.74 Å². The van der Waals surface area contributed by atoms with Crippen LogP contribution in [0.15, 0.2) is 24.3 Å². The second-order valence-electron chi connectivity index (χ2n) is 4.63. The summed E-state index contributed by atoms with van der Waals surface area (Å²) in [5.74, 6) is 0.447. The zero-order valence-corrected chi connectivity index (χ0v) is 11.0. The Labute approximate surface area is 104 Å². The van der Waals surface area contributed by atoms with Crippen LogP contribution in [-0.2, 0) is 16.0 Å². The lowest BCUT2D eigenvalue weighted by Gasteiger charge is -2.09. The molecule has 94 valence electrons. The van der Waals surface area contributed by atoms with Gasteiger partial charge in [0.05, 0.1) is 0 Å². The maximum atomic E-state index is 11.8. The lowest BCUT2D eigenvalue weighted by Crippen LogP contribution is -2.13. The van der Waals surface area contributed by atoms with Crippen LogP contribution in [0.4, 0.5) is 0 Å². The highest BCUT2D eigenvalue weighted by atomic mass is 16.5. The largest absolute Gasteiger partial charge is 0.385 e. The third-order valence-electron chi connectivity index (χ3n) is 3.09. The van der Waals surface area contributed by atoms with Crippen molar-refractivity contribution in [2.45, 2.75) is 33.1 Å². The normalized spacial score (nSPS) is 12.4. The number of Topliss-reactive ketones (excluding diaryl/α,β-unsaturated/α-hetero) is 1. The van der Waals surface area contributed by atoms with Crippen molar-refractivity contribution in [3.63, 3.8) is 0 Å². The monoisotopic (exact) mass is 234 g/mol. The van der Waals surface area contributed by atoms with Crippen LogP contribution in [0, 0.1) is 12.8 Å². The molecule has 0 radical (unpaired) electrons. The van der Waals surface area contributed by atoms with E-state index in [4.69, 9.17) is 4.74 Å². The smallest absolute Gasteiger partial charge is 0.136 e. The highest BCUT2D eigenvalue weighted by Crippen LogP contribution is 2.11. The highest BCUT2D eigenvalue weighted by molar-refractivity contribution is 5.80. The van der Waals surface area contributed by atoms with Gasteiger partial charge in [0.25, 0.3) is 0 Å². The Morgan fingerprint density at radius 3 is 2.53 bits per heavy atom. The van der Waals surface area contributed by atoms with Crippen molar-refractivity contribution in [3.8, 4) is 0 Å². The van der Waals surface area contributed by atoms with Gasteiger partial charge in [-0.2, -0.15) is 0 Å². The van der Waals surface area contributed by atoms with E-state index in [-0.39, 0.29) is 5.92 Å². The first kappa shape index (κ1) is 13.9. The van der Waals surface area contributed by atoms with Crippen molar-refractivity contribution in [3.05, 3.63) is 35.4 Å². The second-order valence-corrected chi connectivity index (χ2v) is 4.63. The molecule has 0 N–H and O–H groups in total. The van der Waals surface area contributed by atoms with Crippen LogP contribution in [0.1, 0.15) is 30.9 Å². The number of ether oxygens (including phenoxy) is 1. The zero-order chi connectivity index (χ0) is 12.7. The molecule has 0 aliphatic carbocycles. The molecule has 1 atom stereocenters. The molecule has 0 fully saturated rings. The number of carbonyl (C=O) groups excluding carboxylic acids is 1. The molecule has 0 aliphatic heterocycles. The molecule has 2 nitrogen and oxygen atoms in total. The van der Waals surface area contributed by atoms with Crippen molar-refractivity contribution in [2.24, 2.45) is 5.92 Å². The van der Waals surface area contributed by atoms with Crippen molar-refractivity contribution < 1.29 is 9.53 Å². The van der Waals surface area contributed by atoms with Crippen LogP contribution in [0.25, 0.3) is 0 Å². The lowest BCUT2D eigenvalue weighted by atomic mass is 9.97. The summed E-state index contributed by atoms with van der Waals surface area (Å²) in [7, 11) is 1.67. The summed E-state index contributed by atoms with van der Waals surface area (Å²) >= 11 is 0. The number of carbonyl (C=O) groups is 1.